The Morgan fingerprint density at radius 1 is 1.29 bits per heavy atom. The predicted molar refractivity (Wildman–Crippen MR) is 104 cm³/mol. The highest BCUT2D eigenvalue weighted by Crippen LogP contribution is 2.45. The molecule has 2 aliphatic carbocycles. The molecular formula is C19H22FN5O3. The maximum Gasteiger partial charge on any atom is 0.350 e. The third-order valence-corrected chi connectivity index (χ3v) is 6.15. The number of hydrogen-bond donors (Lipinski definition) is 2. The summed E-state index contributed by atoms with van der Waals surface area (Å²) in [6.07, 6.45) is 4.56. The highest BCUT2D eigenvalue weighted by atomic mass is 19.1. The van der Waals surface area contributed by atoms with E-state index in [-0.39, 0.29) is 34.8 Å². The number of hydrogen-bond acceptors (Lipinski definition) is 6. The smallest absolute Gasteiger partial charge is 0.350 e. The Hall–Kier alpha value is -2.81. The van der Waals surface area contributed by atoms with Crippen molar-refractivity contribution in [2.24, 2.45) is 11.7 Å². The van der Waals surface area contributed by atoms with E-state index >= 15 is 4.39 Å². The molecule has 9 heteroatoms. The average molecular weight is 387 g/mol. The third kappa shape index (κ3) is 2.25. The molecular weight excluding hydrogens is 365 g/mol. The van der Waals surface area contributed by atoms with Crippen LogP contribution in [0.2, 0.25) is 0 Å². The van der Waals surface area contributed by atoms with Crippen molar-refractivity contribution >= 4 is 16.6 Å². The minimum absolute atomic E-state index is 0.0311. The van der Waals surface area contributed by atoms with Gasteiger partial charge < -0.3 is 21.2 Å². The van der Waals surface area contributed by atoms with Gasteiger partial charge in [-0.1, -0.05) is 6.08 Å². The molecule has 1 saturated heterocycles. The number of rotatable bonds is 3. The van der Waals surface area contributed by atoms with Crippen molar-refractivity contribution in [2.45, 2.75) is 31.3 Å². The number of benzene rings is 1. The Kier molecular flexibility index (Phi) is 3.61. The van der Waals surface area contributed by atoms with Crippen LogP contribution in [0.4, 0.5) is 10.1 Å². The van der Waals surface area contributed by atoms with E-state index in [1.807, 2.05) is 4.90 Å². The lowest BCUT2D eigenvalue weighted by Crippen LogP contribution is -2.44. The van der Waals surface area contributed by atoms with Gasteiger partial charge in [0, 0.05) is 31.1 Å². The van der Waals surface area contributed by atoms with Gasteiger partial charge in [0.15, 0.2) is 11.6 Å². The summed E-state index contributed by atoms with van der Waals surface area (Å²) in [7, 11) is 1.43. The molecule has 4 N–H and O–H groups in total. The van der Waals surface area contributed by atoms with E-state index in [2.05, 4.69) is 6.08 Å². The standard InChI is InChI=1S/C19H22FN5O3/c1-28-17-15-11(18(26)25(22)19(27)24(15)10-3-4-10)6-13(20)16(17)23-7-9-2-5-14(21)12(9)8-23/h2,6,10,12,14H,3-5,7-8,21-22H2,1H3. The average Bonchev–Trinajstić information content (AvgIpc) is 3.33. The molecule has 8 nitrogen and oxygen atoms in total. The number of nitrogens with two attached hydrogens (primary N) is 2. The highest BCUT2D eigenvalue weighted by Gasteiger charge is 2.38. The van der Waals surface area contributed by atoms with Gasteiger partial charge in [-0.25, -0.2) is 9.18 Å². The van der Waals surface area contributed by atoms with E-state index in [1.165, 1.54) is 23.3 Å². The van der Waals surface area contributed by atoms with Crippen molar-refractivity contribution in [3.05, 3.63) is 44.4 Å². The number of ether oxygens (including phenoxy) is 1. The largest absolute Gasteiger partial charge is 0.492 e. The molecule has 1 saturated carbocycles. The molecule has 2 fully saturated rings. The maximum absolute atomic E-state index is 15.2. The first-order chi connectivity index (χ1) is 13.4. The second kappa shape index (κ2) is 5.84. The van der Waals surface area contributed by atoms with Crippen LogP contribution in [0.5, 0.6) is 5.75 Å². The summed E-state index contributed by atoms with van der Waals surface area (Å²) in [5, 5.41) is 0.0439. The molecule has 1 aliphatic heterocycles. The zero-order chi connectivity index (χ0) is 19.7. The molecule has 28 heavy (non-hydrogen) atoms. The van der Waals surface area contributed by atoms with Crippen LogP contribution < -0.4 is 32.5 Å². The molecule has 2 atom stereocenters. The topological polar surface area (TPSA) is 109 Å². The summed E-state index contributed by atoms with van der Waals surface area (Å²) in [5.41, 5.74) is 6.61. The van der Waals surface area contributed by atoms with E-state index < -0.39 is 17.1 Å². The van der Waals surface area contributed by atoms with Gasteiger partial charge in [-0.05, 0) is 30.9 Å². The fourth-order valence-electron chi connectivity index (χ4n) is 4.60. The molecule has 2 aromatic rings. The molecule has 5 rings (SSSR count). The minimum Gasteiger partial charge on any atom is -0.492 e. The molecule has 148 valence electrons. The number of methoxy groups -OCH3 is 1. The molecule has 1 aromatic heterocycles. The van der Waals surface area contributed by atoms with Crippen LogP contribution in [0, 0.1) is 11.7 Å². The lowest BCUT2D eigenvalue weighted by molar-refractivity contribution is 0.412. The van der Waals surface area contributed by atoms with Gasteiger partial charge in [0.1, 0.15) is 11.2 Å². The summed E-state index contributed by atoms with van der Waals surface area (Å²) >= 11 is 0. The number of fused-ring (bicyclic) bond motifs is 2. The minimum atomic E-state index is -0.733. The van der Waals surface area contributed by atoms with E-state index in [1.54, 1.807) is 0 Å². The molecule has 0 amide bonds. The second-order valence-electron chi connectivity index (χ2n) is 7.86. The van der Waals surface area contributed by atoms with E-state index in [9.17, 15) is 9.59 Å². The van der Waals surface area contributed by atoms with Crippen molar-refractivity contribution in [1.29, 1.82) is 0 Å². The van der Waals surface area contributed by atoms with Crippen LogP contribution in [0.1, 0.15) is 25.3 Å². The van der Waals surface area contributed by atoms with Crippen molar-refractivity contribution < 1.29 is 9.13 Å². The molecule has 3 aliphatic rings. The van der Waals surface area contributed by atoms with Crippen molar-refractivity contribution in [3.63, 3.8) is 0 Å². The number of nitrogens with zero attached hydrogens (tertiary/aromatic N) is 3. The normalized spacial score (nSPS) is 24.0. The first-order valence-corrected chi connectivity index (χ1v) is 9.44. The van der Waals surface area contributed by atoms with E-state index in [4.69, 9.17) is 16.3 Å². The predicted octanol–water partition coefficient (Wildman–Crippen LogP) is 0.453. The first-order valence-electron chi connectivity index (χ1n) is 9.44. The number of halogens is 1. The highest BCUT2D eigenvalue weighted by molar-refractivity contribution is 5.91. The lowest BCUT2D eigenvalue weighted by Gasteiger charge is -2.25. The fraction of sp³-hybridized carbons (Fsp3) is 0.474. The molecule has 0 spiro atoms. The molecule has 1 aromatic carbocycles. The molecule has 0 bridgehead atoms. The Balaban J connectivity index is 1.79. The monoisotopic (exact) mass is 387 g/mol. The number of nitrogen functional groups attached to an aromatic ring is 1. The van der Waals surface area contributed by atoms with Crippen LogP contribution >= 0.6 is 0 Å². The maximum atomic E-state index is 15.2. The summed E-state index contributed by atoms with van der Waals surface area (Å²) < 4.78 is 22.8. The van der Waals surface area contributed by atoms with Gasteiger partial charge in [0.05, 0.1) is 12.5 Å². The molecule has 2 unspecified atom stereocenters. The Labute approximate surface area is 159 Å². The van der Waals surface area contributed by atoms with Gasteiger partial charge in [-0.15, -0.1) is 0 Å². The zero-order valence-electron chi connectivity index (χ0n) is 15.5. The Morgan fingerprint density at radius 3 is 2.68 bits per heavy atom. The van der Waals surface area contributed by atoms with E-state index in [0.717, 1.165) is 19.3 Å². The van der Waals surface area contributed by atoms with Gasteiger partial charge in [0.25, 0.3) is 5.56 Å². The SMILES string of the molecule is COc1c(N2CC3=CCC(N)C3C2)c(F)cc2c(=O)n(N)c(=O)n(C3CC3)c12. The van der Waals surface area contributed by atoms with Crippen LogP contribution in [0.25, 0.3) is 10.9 Å². The van der Waals surface area contributed by atoms with Crippen LogP contribution in [0.3, 0.4) is 0 Å². The van der Waals surface area contributed by atoms with Crippen molar-refractivity contribution in [3.8, 4) is 5.75 Å². The number of aromatic nitrogens is 2. The molecule has 2 heterocycles. The van der Waals surface area contributed by atoms with E-state index in [0.29, 0.717) is 23.3 Å². The summed E-state index contributed by atoms with van der Waals surface area (Å²) in [5.74, 6) is 5.48. The van der Waals surface area contributed by atoms with Gasteiger partial charge in [-0.2, -0.15) is 4.68 Å². The summed E-state index contributed by atoms with van der Waals surface area (Å²) in [6.45, 7) is 1.13. The van der Waals surface area contributed by atoms with Crippen LogP contribution in [-0.2, 0) is 0 Å². The van der Waals surface area contributed by atoms with Gasteiger partial charge in [0.2, 0.25) is 0 Å². The van der Waals surface area contributed by atoms with Gasteiger partial charge >= 0.3 is 5.69 Å². The zero-order valence-corrected chi connectivity index (χ0v) is 15.5. The lowest BCUT2D eigenvalue weighted by atomic mass is 10.0. The summed E-state index contributed by atoms with van der Waals surface area (Å²) in [4.78, 5) is 27.1. The van der Waals surface area contributed by atoms with Crippen LogP contribution in [0.15, 0.2) is 27.3 Å². The summed E-state index contributed by atoms with van der Waals surface area (Å²) in [6, 6.07) is 1.13. The van der Waals surface area contributed by atoms with Crippen molar-refractivity contribution in [2.75, 3.05) is 30.9 Å². The molecule has 0 radical (unpaired) electrons. The quantitative estimate of drug-likeness (QED) is 0.585. The Bertz CT molecular complexity index is 1150. The van der Waals surface area contributed by atoms with Crippen LogP contribution in [-0.4, -0.2) is 35.5 Å². The van der Waals surface area contributed by atoms with Gasteiger partial charge in [-0.3, -0.25) is 9.36 Å². The first kappa shape index (κ1) is 17.3. The van der Waals surface area contributed by atoms with Crippen molar-refractivity contribution in [1.82, 2.24) is 9.24 Å². The fourth-order valence-corrected chi connectivity index (χ4v) is 4.60. The Morgan fingerprint density at radius 2 is 2.04 bits per heavy atom. The number of anilines is 1. The third-order valence-electron chi connectivity index (χ3n) is 6.15. The second-order valence-corrected chi connectivity index (χ2v) is 7.86.